The van der Waals surface area contributed by atoms with Crippen molar-refractivity contribution in [2.75, 3.05) is 0 Å². The Hall–Kier alpha value is -2.68. The number of nitrogens with zero attached hydrogens (tertiary/aromatic N) is 3. The van der Waals surface area contributed by atoms with E-state index in [1.807, 2.05) is 36.5 Å². The molecule has 0 aliphatic heterocycles. The molecule has 22 heavy (non-hydrogen) atoms. The first-order chi connectivity index (χ1) is 10.8. The monoisotopic (exact) mass is 289 g/mol. The molecular weight excluding hydrogens is 270 g/mol. The molecule has 3 aromatic rings. The summed E-state index contributed by atoms with van der Waals surface area (Å²) in [4.78, 5) is 0. The Kier molecular flexibility index (Phi) is 4.15. The molecule has 0 amide bonds. The summed E-state index contributed by atoms with van der Waals surface area (Å²) >= 11 is 0. The van der Waals surface area contributed by atoms with E-state index < -0.39 is 0 Å². The first-order valence-electron chi connectivity index (χ1n) is 7.54. The van der Waals surface area contributed by atoms with Gasteiger partial charge in [0.25, 0.3) is 0 Å². The summed E-state index contributed by atoms with van der Waals surface area (Å²) in [6, 6.07) is 18.5. The molecule has 0 radical (unpaired) electrons. The predicted octanol–water partition coefficient (Wildman–Crippen LogP) is 4.42. The molecule has 0 fully saturated rings. The number of rotatable bonds is 5. The van der Waals surface area contributed by atoms with Crippen molar-refractivity contribution in [3.63, 3.8) is 0 Å². The van der Waals surface area contributed by atoms with Crippen LogP contribution in [0.5, 0.6) is 0 Å². The van der Waals surface area contributed by atoms with Crippen molar-refractivity contribution in [3.05, 3.63) is 78.5 Å². The molecule has 0 unspecified atom stereocenters. The fourth-order valence-corrected chi connectivity index (χ4v) is 2.42. The second kappa shape index (κ2) is 6.39. The fraction of sp³-hybridized carbons (Fsp3) is 0.158. The van der Waals surface area contributed by atoms with Gasteiger partial charge in [-0.3, -0.25) is 0 Å². The maximum atomic E-state index is 4.26. The van der Waals surface area contributed by atoms with Crippen molar-refractivity contribution in [2.45, 2.75) is 19.8 Å². The van der Waals surface area contributed by atoms with Crippen molar-refractivity contribution in [3.8, 4) is 11.3 Å². The van der Waals surface area contributed by atoms with Gasteiger partial charge in [0.2, 0.25) is 0 Å². The largest absolute Gasteiger partial charge is 0.220 e. The summed E-state index contributed by atoms with van der Waals surface area (Å²) in [5, 5.41) is 8.46. The maximum absolute atomic E-state index is 4.26. The first kappa shape index (κ1) is 14.3. The smallest absolute Gasteiger partial charge is 0.113 e. The molecule has 1 aromatic heterocycles. The van der Waals surface area contributed by atoms with E-state index in [0.717, 1.165) is 35.4 Å². The van der Waals surface area contributed by atoms with E-state index in [0.29, 0.717) is 0 Å². The Morgan fingerprint density at radius 3 is 2.45 bits per heavy atom. The minimum atomic E-state index is 0.821. The molecule has 2 aromatic carbocycles. The van der Waals surface area contributed by atoms with E-state index in [4.69, 9.17) is 0 Å². The lowest BCUT2D eigenvalue weighted by Gasteiger charge is -2.04. The van der Waals surface area contributed by atoms with Gasteiger partial charge < -0.3 is 0 Å². The zero-order valence-corrected chi connectivity index (χ0v) is 12.7. The van der Waals surface area contributed by atoms with Gasteiger partial charge in [-0.05, 0) is 17.5 Å². The molecule has 0 aliphatic carbocycles. The molecule has 0 aliphatic rings. The summed E-state index contributed by atoms with van der Waals surface area (Å²) in [5.74, 6) is 0. The zero-order valence-electron chi connectivity index (χ0n) is 12.7. The van der Waals surface area contributed by atoms with Gasteiger partial charge >= 0.3 is 0 Å². The van der Waals surface area contributed by atoms with Crippen molar-refractivity contribution in [1.29, 1.82) is 0 Å². The Morgan fingerprint density at radius 2 is 1.77 bits per heavy atom. The number of hydrogen-bond donors (Lipinski definition) is 0. The van der Waals surface area contributed by atoms with Crippen LogP contribution in [-0.4, -0.2) is 15.0 Å². The Balaban J connectivity index is 1.83. The van der Waals surface area contributed by atoms with Gasteiger partial charge in [0.1, 0.15) is 5.69 Å². The number of aryl methyl sites for hydroxylation is 1. The Morgan fingerprint density at radius 1 is 1.05 bits per heavy atom. The second-order valence-corrected chi connectivity index (χ2v) is 5.31. The van der Waals surface area contributed by atoms with Gasteiger partial charge in [0, 0.05) is 5.56 Å². The third-order valence-corrected chi connectivity index (χ3v) is 3.67. The highest BCUT2D eigenvalue weighted by Crippen LogP contribution is 2.20. The summed E-state index contributed by atoms with van der Waals surface area (Å²) in [5.41, 5.74) is 5.15. The predicted molar refractivity (Wildman–Crippen MR) is 90.3 cm³/mol. The van der Waals surface area contributed by atoms with E-state index in [9.17, 15) is 0 Å². The van der Waals surface area contributed by atoms with Crippen LogP contribution in [0.1, 0.15) is 24.5 Å². The van der Waals surface area contributed by atoms with Crippen LogP contribution >= 0.6 is 0 Å². The van der Waals surface area contributed by atoms with E-state index >= 15 is 0 Å². The van der Waals surface area contributed by atoms with Crippen molar-refractivity contribution in [2.24, 2.45) is 0 Å². The topological polar surface area (TPSA) is 30.7 Å². The highest BCUT2D eigenvalue weighted by molar-refractivity contribution is 5.65. The standard InChI is InChI=1S/C19H19N3/c1-3-7-16-10-12-18(13-11-16)19-14-22(21-20-19)15(2)17-8-5-4-6-9-17/h4-6,8-14H,2-3,7H2,1H3. The summed E-state index contributed by atoms with van der Waals surface area (Å²) in [6.45, 7) is 6.29. The summed E-state index contributed by atoms with van der Waals surface area (Å²) in [7, 11) is 0. The Bertz CT molecular complexity index is 755. The summed E-state index contributed by atoms with van der Waals surface area (Å²) < 4.78 is 1.73. The van der Waals surface area contributed by atoms with Crippen LogP contribution in [0.15, 0.2) is 67.4 Å². The minimum absolute atomic E-state index is 0.821. The number of hydrogen-bond acceptors (Lipinski definition) is 2. The molecule has 1 heterocycles. The third kappa shape index (κ3) is 2.98. The van der Waals surface area contributed by atoms with Crippen molar-refractivity contribution in [1.82, 2.24) is 15.0 Å². The normalized spacial score (nSPS) is 10.6. The summed E-state index contributed by atoms with van der Waals surface area (Å²) in [6.07, 6.45) is 4.19. The zero-order chi connectivity index (χ0) is 15.4. The van der Waals surface area contributed by atoms with Crippen LogP contribution in [0.2, 0.25) is 0 Å². The molecule has 0 bridgehead atoms. The van der Waals surface area contributed by atoms with Crippen LogP contribution < -0.4 is 0 Å². The quantitative estimate of drug-likeness (QED) is 0.696. The molecule has 0 N–H and O–H groups in total. The molecule has 0 atom stereocenters. The molecule has 0 saturated heterocycles. The van der Waals surface area contributed by atoms with Gasteiger partial charge in [-0.2, -0.15) is 0 Å². The van der Waals surface area contributed by atoms with E-state index in [-0.39, 0.29) is 0 Å². The minimum Gasteiger partial charge on any atom is -0.220 e. The molecule has 0 spiro atoms. The lowest BCUT2D eigenvalue weighted by molar-refractivity contribution is 0.823. The van der Waals surface area contributed by atoms with Gasteiger partial charge in [0.15, 0.2) is 0 Å². The third-order valence-electron chi connectivity index (χ3n) is 3.67. The van der Waals surface area contributed by atoms with Crippen LogP contribution in [0.3, 0.4) is 0 Å². The maximum Gasteiger partial charge on any atom is 0.113 e. The van der Waals surface area contributed by atoms with E-state index in [1.165, 1.54) is 5.56 Å². The first-order valence-corrected chi connectivity index (χ1v) is 7.54. The Labute approximate surface area is 130 Å². The number of aromatic nitrogens is 3. The highest BCUT2D eigenvalue weighted by Gasteiger charge is 2.07. The molecule has 110 valence electrons. The molecule has 3 rings (SSSR count). The molecule has 3 nitrogen and oxygen atoms in total. The van der Waals surface area contributed by atoms with E-state index in [1.54, 1.807) is 4.68 Å². The number of benzene rings is 2. The van der Waals surface area contributed by atoms with Gasteiger partial charge in [0.05, 0.1) is 11.9 Å². The molecule has 3 heteroatoms. The van der Waals surface area contributed by atoms with Crippen molar-refractivity contribution >= 4 is 5.70 Å². The van der Waals surface area contributed by atoms with Gasteiger partial charge in [-0.1, -0.05) is 79.7 Å². The lowest BCUT2D eigenvalue weighted by atomic mass is 10.1. The van der Waals surface area contributed by atoms with Crippen LogP contribution in [0.4, 0.5) is 0 Å². The van der Waals surface area contributed by atoms with Crippen LogP contribution in [0.25, 0.3) is 17.0 Å². The lowest BCUT2D eigenvalue weighted by Crippen LogP contribution is -1.97. The van der Waals surface area contributed by atoms with Gasteiger partial charge in [-0.25, -0.2) is 4.68 Å². The highest BCUT2D eigenvalue weighted by atomic mass is 15.4. The molecule has 0 saturated carbocycles. The van der Waals surface area contributed by atoms with Gasteiger partial charge in [-0.15, -0.1) is 5.10 Å². The second-order valence-electron chi connectivity index (χ2n) is 5.31. The molecular formula is C19H19N3. The van der Waals surface area contributed by atoms with Crippen LogP contribution in [-0.2, 0) is 6.42 Å². The average Bonchev–Trinajstić information content (AvgIpc) is 3.06. The SMILES string of the molecule is C=C(c1ccccc1)n1cc(-c2ccc(CCC)cc2)nn1. The average molecular weight is 289 g/mol. The fourth-order valence-electron chi connectivity index (χ4n) is 2.42. The van der Waals surface area contributed by atoms with Crippen molar-refractivity contribution < 1.29 is 0 Å². The van der Waals surface area contributed by atoms with E-state index in [2.05, 4.69) is 48.1 Å². The van der Waals surface area contributed by atoms with Crippen LogP contribution in [0, 0.1) is 0 Å².